The number of carbonyl (C=O) groups is 1. The molecular formula is C11H7Cl2F6NO2. The van der Waals surface area contributed by atoms with Crippen LogP contribution >= 0.6 is 23.2 Å². The summed E-state index contributed by atoms with van der Waals surface area (Å²) in [6, 6.07) is 1.32. The number of carbonyl (C=O) groups excluding carboxylic acids is 1. The van der Waals surface area contributed by atoms with E-state index in [4.69, 9.17) is 23.2 Å². The summed E-state index contributed by atoms with van der Waals surface area (Å²) in [7, 11) is 0. The normalized spacial score (nSPS) is 13.7. The van der Waals surface area contributed by atoms with Gasteiger partial charge < -0.3 is 10.1 Å². The molecule has 0 fully saturated rings. The molecule has 0 radical (unpaired) electrons. The van der Waals surface area contributed by atoms with Crippen molar-refractivity contribution in [2.24, 2.45) is 0 Å². The third-order valence-corrected chi connectivity index (χ3v) is 2.75. The summed E-state index contributed by atoms with van der Waals surface area (Å²) in [6.45, 7) is 1.11. The van der Waals surface area contributed by atoms with Crippen LogP contribution in [0.4, 0.5) is 32.0 Å². The second-order valence-electron chi connectivity index (χ2n) is 4.01. The van der Waals surface area contributed by atoms with E-state index < -0.39 is 30.1 Å². The third-order valence-electron chi connectivity index (χ3n) is 2.15. The first-order valence-corrected chi connectivity index (χ1v) is 6.14. The van der Waals surface area contributed by atoms with E-state index in [1.54, 1.807) is 0 Å². The number of alkyl halides is 6. The van der Waals surface area contributed by atoms with Crippen molar-refractivity contribution < 1.29 is 35.9 Å². The van der Waals surface area contributed by atoms with Gasteiger partial charge in [-0.3, -0.25) is 4.79 Å². The van der Waals surface area contributed by atoms with Crippen LogP contribution in [-0.2, 0) is 4.79 Å². The van der Waals surface area contributed by atoms with E-state index in [1.807, 2.05) is 0 Å². The molecule has 0 bridgehead atoms. The van der Waals surface area contributed by atoms with Gasteiger partial charge in [0, 0.05) is 19.1 Å². The molecular weight excluding hydrogens is 363 g/mol. The lowest BCUT2D eigenvalue weighted by atomic mass is 10.3. The fourth-order valence-electron chi connectivity index (χ4n) is 1.30. The van der Waals surface area contributed by atoms with Crippen molar-refractivity contribution in [2.75, 3.05) is 5.32 Å². The van der Waals surface area contributed by atoms with Crippen molar-refractivity contribution in [1.29, 1.82) is 0 Å². The molecule has 0 saturated carbocycles. The number of halogens is 8. The van der Waals surface area contributed by atoms with Gasteiger partial charge in [-0.05, 0) is 0 Å². The minimum absolute atomic E-state index is 0.154. The predicted octanol–water partition coefficient (Wildman–Crippen LogP) is 4.82. The Hall–Kier alpha value is -1.35. The van der Waals surface area contributed by atoms with E-state index in [0.717, 1.165) is 6.92 Å². The van der Waals surface area contributed by atoms with Crippen molar-refractivity contribution in [2.45, 2.75) is 25.4 Å². The van der Waals surface area contributed by atoms with Gasteiger partial charge in [-0.15, -0.1) is 0 Å². The highest BCUT2D eigenvalue weighted by molar-refractivity contribution is 6.40. The Morgan fingerprint density at radius 2 is 1.64 bits per heavy atom. The number of anilines is 1. The van der Waals surface area contributed by atoms with Crippen molar-refractivity contribution >= 4 is 34.8 Å². The van der Waals surface area contributed by atoms with Crippen LogP contribution in [-0.4, -0.2) is 24.4 Å². The molecule has 11 heteroatoms. The van der Waals surface area contributed by atoms with E-state index in [9.17, 15) is 31.1 Å². The van der Waals surface area contributed by atoms with Crippen LogP contribution in [0, 0.1) is 0 Å². The molecule has 1 aromatic carbocycles. The maximum atomic E-state index is 13.1. The minimum atomic E-state index is -5.81. The van der Waals surface area contributed by atoms with E-state index >= 15 is 0 Å². The van der Waals surface area contributed by atoms with Crippen molar-refractivity contribution in [3.63, 3.8) is 0 Å². The highest BCUT2D eigenvalue weighted by Crippen LogP contribution is 2.40. The summed E-state index contributed by atoms with van der Waals surface area (Å²) in [5, 5.41) is 1.42. The quantitative estimate of drug-likeness (QED) is 0.772. The molecule has 1 atom stereocenters. The molecule has 1 rings (SSSR count). The molecule has 0 aliphatic rings. The van der Waals surface area contributed by atoms with Gasteiger partial charge in [-0.25, -0.2) is 4.39 Å². The minimum Gasteiger partial charge on any atom is -0.430 e. The maximum absolute atomic E-state index is 13.1. The largest absolute Gasteiger partial charge is 0.439 e. The van der Waals surface area contributed by atoms with E-state index in [0.29, 0.717) is 12.1 Å². The number of benzene rings is 1. The zero-order valence-corrected chi connectivity index (χ0v) is 12.1. The standard InChI is InChI=1S/C11H7Cl2F6NO2/c1-4(21)20-8-6(12)2-5(3-7(8)13)22-11(18,19)9(14)10(15,16)17/h2-3,9H,1H3,(H,20,21). The second kappa shape index (κ2) is 6.41. The van der Waals surface area contributed by atoms with Crippen LogP contribution in [0.3, 0.4) is 0 Å². The average Bonchev–Trinajstić information content (AvgIpc) is 2.31. The number of ether oxygens (including phenoxy) is 1. The molecule has 1 aromatic rings. The van der Waals surface area contributed by atoms with Crippen LogP contribution in [0.1, 0.15) is 6.92 Å². The summed E-state index contributed by atoms with van der Waals surface area (Å²) in [5.41, 5.74) is -0.154. The van der Waals surface area contributed by atoms with Gasteiger partial charge in [0.05, 0.1) is 15.7 Å². The fourth-order valence-corrected chi connectivity index (χ4v) is 1.87. The van der Waals surface area contributed by atoms with Gasteiger partial charge in [-0.2, -0.15) is 22.0 Å². The van der Waals surface area contributed by atoms with Gasteiger partial charge in [0.2, 0.25) is 5.91 Å². The second-order valence-corrected chi connectivity index (χ2v) is 4.83. The molecule has 3 nitrogen and oxygen atoms in total. The highest BCUT2D eigenvalue weighted by atomic mass is 35.5. The Balaban J connectivity index is 3.07. The van der Waals surface area contributed by atoms with E-state index in [-0.39, 0.29) is 15.7 Å². The molecule has 0 aliphatic carbocycles. The van der Waals surface area contributed by atoms with Gasteiger partial charge in [0.1, 0.15) is 5.75 Å². The lowest BCUT2D eigenvalue weighted by Crippen LogP contribution is -2.45. The molecule has 0 saturated heterocycles. The Labute approximate surface area is 130 Å². The fraction of sp³-hybridized carbons (Fsp3) is 0.364. The summed E-state index contributed by atoms with van der Waals surface area (Å²) in [4.78, 5) is 10.9. The number of hydrogen-bond acceptors (Lipinski definition) is 2. The molecule has 22 heavy (non-hydrogen) atoms. The van der Waals surface area contributed by atoms with Gasteiger partial charge >= 0.3 is 12.3 Å². The molecule has 0 heterocycles. The number of amides is 1. The number of nitrogens with one attached hydrogen (secondary N) is 1. The van der Waals surface area contributed by atoms with Gasteiger partial charge in [-0.1, -0.05) is 23.2 Å². The summed E-state index contributed by atoms with van der Waals surface area (Å²) >= 11 is 11.3. The average molecular weight is 370 g/mol. The first kappa shape index (κ1) is 18.7. The molecule has 0 aliphatic heterocycles. The summed E-state index contributed by atoms with van der Waals surface area (Å²) in [6.07, 6.45) is -15.5. The molecule has 0 spiro atoms. The van der Waals surface area contributed by atoms with E-state index in [1.165, 1.54) is 0 Å². The lowest BCUT2D eigenvalue weighted by molar-refractivity contribution is -0.304. The third kappa shape index (κ3) is 4.57. The molecule has 1 N–H and O–H groups in total. The van der Waals surface area contributed by atoms with E-state index in [2.05, 4.69) is 10.1 Å². The predicted molar refractivity (Wildman–Crippen MR) is 67.3 cm³/mol. The first-order chi connectivity index (χ1) is 9.84. The zero-order chi connectivity index (χ0) is 17.3. The van der Waals surface area contributed by atoms with Crippen LogP contribution in [0.15, 0.2) is 12.1 Å². The van der Waals surface area contributed by atoms with Crippen LogP contribution in [0.2, 0.25) is 10.0 Å². The molecule has 1 amide bonds. The van der Waals surface area contributed by atoms with Crippen molar-refractivity contribution in [3.8, 4) is 5.75 Å². The lowest BCUT2D eigenvalue weighted by Gasteiger charge is -2.23. The molecule has 1 unspecified atom stereocenters. The molecule has 124 valence electrons. The Bertz CT molecular complexity index is 555. The Kier molecular flexibility index (Phi) is 5.45. The van der Waals surface area contributed by atoms with Crippen molar-refractivity contribution in [1.82, 2.24) is 0 Å². The van der Waals surface area contributed by atoms with Gasteiger partial charge in [0.25, 0.3) is 6.17 Å². The summed E-state index contributed by atoms with van der Waals surface area (Å²) in [5.74, 6) is -1.48. The van der Waals surface area contributed by atoms with Gasteiger partial charge in [0.15, 0.2) is 0 Å². The Morgan fingerprint density at radius 3 is 2.00 bits per heavy atom. The van der Waals surface area contributed by atoms with Crippen LogP contribution in [0.5, 0.6) is 5.75 Å². The first-order valence-electron chi connectivity index (χ1n) is 5.39. The van der Waals surface area contributed by atoms with Crippen molar-refractivity contribution in [3.05, 3.63) is 22.2 Å². The molecule has 0 aromatic heterocycles. The maximum Gasteiger partial charge on any atom is 0.439 e. The topological polar surface area (TPSA) is 38.3 Å². The van der Waals surface area contributed by atoms with Crippen LogP contribution < -0.4 is 10.1 Å². The smallest absolute Gasteiger partial charge is 0.430 e. The zero-order valence-electron chi connectivity index (χ0n) is 10.6. The summed E-state index contributed by atoms with van der Waals surface area (Å²) < 4.78 is 78.5. The number of rotatable bonds is 4. The SMILES string of the molecule is CC(=O)Nc1c(Cl)cc(OC(F)(F)C(F)C(F)(F)F)cc1Cl. The Morgan fingerprint density at radius 1 is 1.18 bits per heavy atom. The highest BCUT2D eigenvalue weighted by Gasteiger charge is 2.59. The van der Waals surface area contributed by atoms with Crippen LogP contribution in [0.25, 0.3) is 0 Å². The monoisotopic (exact) mass is 369 g/mol. The number of hydrogen-bond donors (Lipinski definition) is 1.